The van der Waals surface area contributed by atoms with Crippen LogP contribution in [0.25, 0.3) is 0 Å². The lowest BCUT2D eigenvalue weighted by molar-refractivity contribution is 0.700. The van der Waals surface area contributed by atoms with E-state index in [1.807, 2.05) is 18.2 Å². The molecule has 100 valence electrons. The summed E-state index contributed by atoms with van der Waals surface area (Å²) in [5, 5.41) is 7.30. The summed E-state index contributed by atoms with van der Waals surface area (Å²) in [6.07, 6.45) is 2.03. The van der Waals surface area contributed by atoms with Gasteiger partial charge in [0, 0.05) is 29.1 Å². The average Bonchev–Trinajstić information content (AvgIpc) is 2.35. The second kappa shape index (κ2) is 8.22. The van der Waals surface area contributed by atoms with Crippen LogP contribution in [0.4, 0.5) is 0 Å². The second-order valence-electron chi connectivity index (χ2n) is 3.92. The van der Waals surface area contributed by atoms with Crippen LogP contribution in [0.5, 0.6) is 0 Å². The third-order valence-corrected chi connectivity index (χ3v) is 3.60. The Morgan fingerprint density at radius 2 is 2.28 bits per heavy atom. The summed E-state index contributed by atoms with van der Waals surface area (Å²) >= 11 is 9.49. The van der Waals surface area contributed by atoms with Gasteiger partial charge < -0.3 is 10.6 Å². The number of hydrogen-bond acceptors (Lipinski definition) is 3. The molecule has 0 saturated heterocycles. The molecule has 1 aromatic carbocycles. The summed E-state index contributed by atoms with van der Waals surface area (Å²) in [5.74, 6) is 0.911. The van der Waals surface area contributed by atoms with Crippen LogP contribution in [-0.2, 0) is 6.42 Å². The zero-order chi connectivity index (χ0) is 12.1. The number of aliphatic imine (C=N–C) groups is 1. The minimum atomic E-state index is 0. The molecule has 0 amide bonds. The fraction of sp³-hybridized carbons (Fsp3) is 0.417. The van der Waals surface area contributed by atoms with Gasteiger partial charge in [0.25, 0.3) is 0 Å². The molecule has 0 bridgehead atoms. The van der Waals surface area contributed by atoms with E-state index in [-0.39, 0.29) is 24.0 Å². The Bertz CT molecular complexity index is 426. The highest BCUT2D eigenvalue weighted by Gasteiger charge is 2.04. The first kappa shape index (κ1) is 16.0. The Kier molecular flexibility index (Phi) is 7.33. The van der Waals surface area contributed by atoms with Crippen molar-refractivity contribution < 1.29 is 0 Å². The number of halogens is 3. The molecule has 0 unspecified atom stereocenters. The van der Waals surface area contributed by atoms with Crippen molar-refractivity contribution in [3.8, 4) is 0 Å². The smallest absolute Gasteiger partial charge is 0.191 e. The lowest BCUT2D eigenvalue weighted by atomic mass is 10.1. The molecule has 2 rings (SSSR count). The van der Waals surface area contributed by atoms with E-state index < -0.39 is 0 Å². The van der Waals surface area contributed by atoms with Crippen LogP contribution in [-0.4, -0.2) is 25.6 Å². The molecule has 1 aliphatic heterocycles. The third kappa shape index (κ3) is 4.93. The van der Waals surface area contributed by atoms with E-state index in [2.05, 4.69) is 31.6 Å². The summed E-state index contributed by atoms with van der Waals surface area (Å²) in [6, 6.07) is 5.85. The molecule has 0 radical (unpaired) electrons. The van der Waals surface area contributed by atoms with E-state index in [1.165, 1.54) is 5.56 Å². The molecule has 0 aromatic heterocycles. The number of hydrogen-bond donors (Lipinski definition) is 2. The van der Waals surface area contributed by atoms with E-state index in [0.717, 1.165) is 47.9 Å². The van der Waals surface area contributed by atoms with Gasteiger partial charge in [0.05, 0.1) is 0 Å². The molecule has 1 heterocycles. The molecule has 2 N–H and O–H groups in total. The van der Waals surface area contributed by atoms with Gasteiger partial charge >= 0.3 is 0 Å². The normalized spacial score (nSPS) is 14.2. The third-order valence-electron chi connectivity index (χ3n) is 2.59. The lowest BCUT2D eigenvalue weighted by Gasteiger charge is -2.16. The first-order valence-electron chi connectivity index (χ1n) is 5.72. The van der Waals surface area contributed by atoms with Crippen molar-refractivity contribution in [1.29, 1.82) is 0 Å². The van der Waals surface area contributed by atoms with Crippen LogP contribution < -0.4 is 10.6 Å². The van der Waals surface area contributed by atoms with Gasteiger partial charge in [-0.25, -0.2) is 0 Å². The van der Waals surface area contributed by atoms with Crippen molar-refractivity contribution in [1.82, 2.24) is 10.6 Å². The predicted molar refractivity (Wildman–Crippen MR) is 91.2 cm³/mol. The number of guanidine groups is 1. The standard InChI is InChI=1S/C12H15BrClN3.HI/c13-11-3-2-10(14)8-9(11)4-7-17-12-15-5-1-6-16-12;/h2-3,8H,1,4-7H2,(H2,15,16,17);1H. The predicted octanol–water partition coefficient (Wildman–Crippen LogP) is 3.20. The van der Waals surface area contributed by atoms with Crippen molar-refractivity contribution >= 4 is 57.5 Å². The fourth-order valence-corrected chi connectivity index (χ4v) is 2.34. The fourth-order valence-electron chi connectivity index (χ4n) is 1.70. The van der Waals surface area contributed by atoms with E-state index in [0.29, 0.717) is 0 Å². The van der Waals surface area contributed by atoms with Crippen molar-refractivity contribution in [3.63, 3.8) is 0 Å². The van der Waals surface area contributed by atoms with E-state index in [1.54, 1.807) is 0 Å². The van der Waals surface area contributed by atoms with Gasteiger partial charge in [0.15, 0.2) is 5.96 Å². The molecule has 1 aromatic rings. The highest BCUT2D eigenvalue weighted by molar-refractivity contribution is 14.0. The van der Waals surface area contributed by atoms with Gasteiger partial charge in [0.1, 0.15) is 0 Å². The Hall–Kier alpha value is -0.0100. The highest BCUT2D eigenvalue weighted by Crippen LogP contribution is 2.21. The van der Waals surface area contributed by atoms with Gasteiger partial charge in [-0.1, -0.05) is 27.5 Å². The molecular weight excluding hydrogens is 428 g/mol. The first-order valence-corrected chi connectivity index (χ1v) is 6.89. The second-order valence-corrected chi connectivity index (χ2v) is 5.21. The topological polar surface area (TPSA) is 36.4 Å². The van der Waals surface area contributed by atoms with Crippen LogP contribution in [0.2, 0.25) is 5.02 Å². The van der Waals surface area contributed by atoms with Crippen LogP contribution in [0.3, 0.4) is 0 Å². The largest absolute Gasteiger partial charge is 0.356 e. The summed E-state index contributed by atoms with van der Waals surface area (Å²) in [7, 11) is 0. The SMILES string of the molecule is Clc1ccc(Br)c(CCNC2=NCCCN2)c1.I. The number of benzene rings is 1. The first-order chi connectivity index (χ1) is 8.25. The minimum Gasteiger partial charge on any atom is -0.356 e. The number of nitrogens with zero attached hydrogens (tertiary/aromatic N) is 1. The van der Waals surface area contributed by atoms with Gasteiger partial charge in [-0.2, -0.15) is 0 Å². The van der Waals surface area contributed by atoms with Gasteiger partial charge in [-0.15, -0.1) is 24.0 Å². The quantitative estimate of drug-likeness (QED) is 0.703. The maximum absolute atomic E-state index is 5.97. The summed E-state index contributed by atoms with van der Waals surface area (Å²) in [4.78, 5) is 4.36. The number of nitrogens with one attached hydrogen (secondary N) is 2. The zero-order valence-corrected chi connectivity index (χ0v) is 14.6. The van der Waals surface area contributed by atoms with Gasteiger partial charge in [-0.05, 0) is 36.6 Å². The zero-order valence-electron chi connectivity index (χ0n) is 9.88. The van der Waals surface area contributed by atoms with E-state index >= 15 is 0 Å². The van der Waals surface area contributed by atoms with Crippen molar-refractivity contribution in [2.24, 2.45) is 4.99 Å². The Labute approximate surface area is 138 Å². The molecule has 0 fully saturated rings. The average molecular weight is 445 g/mol. The molecule has 1 aliphatic rings. The molecule has 18 heavy (non-hydrogen) atoms. The van der Waals surface area contributed by atoms with Crippen molar-refractivity contribution in [2.75, 3.05) is 19.6 Å². The maximum Gasteiger partial charge on any atom is 0.191 e. The molecule has 0 saturated carbocycles. The van der Waals surface area contributed by atoms with E-state index in [9.17, 15) is 0 Å². The van der Waals surface area contributed by atoms with Crippen molar-refractivity contribution in [3.05, 3.63) is 33.3 Å². The van der Waals surface area contributed by atoms with Gasteiger partial charge in [-0.3, -0.25) is 4.99 Å². The molecule has 3 nitrogen and oxygen atoms in total. The summed E-state index contributed by atoms with van der Waals surface area (Å²) < 4.78 is 1.10. The summed E-state index contributed by atoms with van der Waals surface area (Å²) in [5.41, 5.74) is 1.21. The van der Waals surface area contributed by atoms with Gasteiger partial charge in [0.2, 0.25) is 0 Å². The minimum absolute atomic E-state index is 0. The summed E-state index contributed by atoms with van der Waals surface area (Å²) in [6.45, 7) is 2.77. The maximum atomic E-state index is 5.97. The molecule has 6 heteroatoms. The molecule has 0 spiro atoms. The number of rotatable bonds is 3. The Morgan fingerprint density at radius 3 is 3.00 bits per heavy atom. The molecule has 0 atom stereocenters. The molecular formula is C12H16BrClIN3. The Balaban J connectivity index is 0.00000162. The lowest BCUT2D eigenvalue weighted by Crippen LogP contribution is -2.41. The van der Waals surface area contributed by atoms with Crippen molar-refractivity contribution in [2.45, 2.75) is 12.8 Å². The Morgan fingerprint density at radius 1 is 1.44 bits per heavy atom. The van der Waals surface area contributed by atoms with Crippen LogP contribution in [0.15, 0.2) is 27.7 Å². The van der Waals surface area contributed by atoms with Crippen LogP contribution >= 0.6 is 51.5 Å². The monoisotopic (exact) mass is 443 g/mol. The van der Waals surface area contributed by atoms with E-state index in [4.69, 9.17) is 11.6 Å². The van der Waals surface area contributed by atoms with Crippen LogP contribution in [0.1, 0.15) is 12.0 Å². The molecule has 0 aliphatic carbocycles. The highest BCUT2D eigenvalue weighted by atomic mass is 127. The van der Waals surface area contributed by atoms with Crippen LogP contribution in [0, 0.1) is 0 Å².